The normalized spacial score (nSPS) is 14.9. The smallest absolute Gasteiger partial charge is 0.242 e. The van der Waals surface area contributed by atoms with Crippen molar-refractivity contribution in [3.63, 3.8) is 0 Å². The molecule has 0 spiro atoms. The van der Waals surface area contributed by atoms with Crippen molar-refractivity contribution in [2.24, 2.45) is 11.7 Å². The minimum atomic E-state index is -3.70. The van der Waals surface area contributed by atoms with Crippen LogP contribution in [-0.4, -0.2) is 25.5 Å². The van der Waals surface area contributed by atoms with Crippen LogP contribution < -0.4 is 10.5 Å². The molecule has 0 aliphatic carbocycles. The van der Waals surface area contributed by atoms with Crippen LogP contribution in [0, 0.1) is 17.2 Å². The van der Waals surface area contributed by atoms with Crippen LogP contribution in [0.5, 0.6) is 0 Å². The van der Waals surface area contributed by atoms with E-state index in [1.54, 1.807) is 6.92 Å². The van der Waals surface area contributed by atoms with Crippen LogP contribution in [-0.2, 0) is 10.0 Å². The predicted octanol–water partition coefficient (Wildman–Crippen LogP) is 0.605. The molecule has 0 aromatic carbocycles. The Bertz CT molecular complexity index is 575. The Labute approximate surface area is 113 Å². The van der Waals surface area contributed by atoms with Crippen LogP contribution in [0.3, 0.4) is 0 Å². The molecule has 0 amide bonds. The molecule has 0 aliphatic heterocycles. The van der Waals surface area contributed by atoms with Crippen molar-refractivity contribution in [1.29, 1.82) is 5.26 Å². The maximum atomic E-state index is 12.2. The molecule has 1 unspecified atom stereocenters. The molecule has 104 valence electrons. The Kier molecular flexibility index (Phi) is 4.63. The van der Waals surface area contributed by atoms with Crippen LogP contribution >= 0.6 is 0 Å². The lowest BCUT2D eigenvalue weighted by atomic mass is 9.90. The van der Waals surface area contributed by atoms with Crippen LogP contribution in [0.15, 0.2) is 23.2 Å². The van der Waals surface area contributed by atoms with Crippen molar-refractivity contribution in [2.75, 3.05) is 6.54 Å². The molecule has 0 radical (unpaired) electrons. The molecular formula is C12H18N4O2S. The first-order valence-corrected chi connectivity index (χ1v) is 7.33. The summed E-state index contributed by atoms with van der Waals surface area (Å²) in [6, 6.07) is 4.55. The van der Waals surface area contributed by atoms with E-state index in [0.717, 1.165) is 6.20 Å². The molecule has 1 aromatic heterocycles. The van der Waals surface area contributed by atoms with Crippen molar-refractivity contribution in [1.82, 2.24) is 9.71 Å². The fourth-order valence-corrected chi connectivity index (χ4v) is 2.86. The number of nitrogens with zero attached hydrogens (tertiary/aromatic N) is 2. The van der Waals surface area contributed by atoms with Gasteiger partial charge in [-0.1, -0.05) is 13.8 Å². The molecule has 1 atom stereocenters. The fraction of sp³-hybridized carbons (Fsp3) is 0.500. The molecule has 6 nitrogen and oxygen atoms in total. The SMILES string of the molecule is CC(C)C(C)(CN)NS(=O)(=O)c1ccc(C#N)nc1. The number of aromatic nitrogens is 1. The Morgan fingerprint density at radius 2 is 2.16 bits per heavy atom. The highest BCUT2D eigenvalue weighted by molar-refractivity contribution is 7.89. The van der Waals surface area contributed by atoms with E-state index in [-0.39, 0.29) is 23.1 Å². The monoisotopic (exact) mass is 282 g/mol. The van der Waals surface area contributed by atoms with Gasteiger partial charge in [0.2, 0.25) is 10.0 Å². The van der Waals surface area contributed by atoms with Gasteiger partial charge in [0.15, 0.2) is 0 Å². The number of sulfonamides is 1. The summed E-state index contributed by atoms with van der Waals surface area (Å²) in [5.74, 6) is 0.0404. The number of nitrogens with one attached hydrogen (secondary N) is 1. The third kappa shape index (κ3) is 3.50. The van der Waals surface area contributed by atoms with Crippen LogP contribution in [0.2, 0.25) is 0 Å². The number of hydrogen-bond donors (Lipinski definition) is 2. The first-order chi connectivity index (χ1) is 8.75. The number of nitrogens with two attached hydrogens (primary N) is 1. The van der Waals surface area contributed by atoms with Gasteiger partial charge in [-0.3, -0.25) is 0 Å². The van der Waals surface area contributed by atoms with Crippen LogP contribution in [0.4, 0.5) is 0 Å². The molecule has 0 saturated carbocycles. The molecule has 0 saturated heterocycles. The summed E-state index contributed by atoms with van der Waals surface area (Å²) < 4.78 is 27.0. The molecule has 19 heavy (non-hydrogen) atoms. The van der Waals surface area contributed by atoms with Gasteiger partial charge in [-0.2, -0.15) is 5.26 Å². The molecule has 1 aromatic rings. The highest BCUT2D eigenvalue weighted by Crippen LogP contribution is 2.19. The average Bonchev–Trinajstić information content (AvgIpc) is 2.38. The van der Waals surface area contributed by atoms with E-state index in [2.05, 4.69) is 9.71 Å². The minimum Gasteiger partial charge on any atom is -0.329 e. The molecule has 3 N–H and O–H groups in total. The Hall–Kier alpha value is -1.49. The zero-order valence-electron chi connectivity index (χ0n) is 11.2. The maximum Gasteiger partial charge on any atom is 0.242 e. The first kappa shape index (κ1) is 15.6. The van der Waals surface area contributed by atoms with Gasteiger partial charge < -0.3 is 5.73 Å². The summed E-state index contributed by atoms with van der Waals surface area (Å²) in [4.78, 5) is 3.77. The van der Waals surface area contributed by atoms with Gasteiger partial charge in [-0.05, 0) is 25.0 Å². The second-order valence-corrected chi connectivity index (χ2v) is 6.56. The number of nitriles is 1. The second kappa shape index (κ2) is 5.65. The van der Waals surface area contributed by atoms with Crippen molar-refractivity contribution in [3.8, 4) is 6.07 Å². The fourth-order valence-electron chi connectivity index (χ4n) is 1.37. The van der Waals surface area contributed by atoms with Gasteiger partial charge in [0.05, 0.1) is 0 Å². The Morgan fingerprint density at radius 1 is 1.53 bits per heavy atom. The van der Waals surface area contributed by atoms with Crippen molar-refractivity contribution >= 4 is 10.0 Å². The van der Waals surface area contributed by atoms with Crippen molar-refractivity contribution < 1.29 is 8.42 Å². The van der Waals surface area contributed by atoms with Gasteiger partial charge in [0, 0.05) is 18.3 Å². The highest BCUT2D eigenvalue weighted by atomic mass is 32.2. The standard InChI is InChI=1S/C12H18N4O2S/c1-9(2)12(3,8-14)16-19(17,18)11-5-4-10(6-13)15-7-11/h4-5,7,9,16H,8,14H2,1-3H3. The van der Waals surface area contributed by atoms with E-state index in [4.69, 9.17) is 11.0 Å². The van der Waals surface area contributed by atoms with Crippen LogP contribution in [0.1, 0.15) is 26.5 Å². The zero-order valence-corrected chi connectivity index (χ0v) is 12.0. The summed E-state index contributed by atoms with van der Waals surface area (Å²) >= 11 is 0. The molecule has 0 fully saturated rings. The predicted molar refractivity (Wildman–Crippen MR) is 71.6 cm³/mol. The van der Waals surface area contributed by atoms with E-state index in [0.29, 0.717) is 0 Å². The zero-order chi connectivity index (χ0) is 14.7. The third-order valence-corrected chi connectivity index (χ3v) is 4.82. The third-order valence-electron chi connectivity index (χ3n) is 3.23. The highest BCUT2D eigenvalue weighted by Gasteiger charge is 2.32. The summed E-state index contributed by atoms with van der Waals surface area (Å²) in [6.07, 6.45) is 1.16. The minimum absolute atomic E-state index is 0.0202. The topological polar surface area (TPSA) is 109 Å². The van der Waals surface area contributed by atoms with Gasteiger partial charge in [-0.15, -0.1) is 0 Å². The summed E-state index contributed by atoms with van der Waals surface area (Å²) in [7, 11) is -3.70. The van der Waals surface area contributed by atoms with E-state index in [1.807, 2.05) is 19.9 Å². The van der Waals surface area contributed by atoms with E-state index >= 15 is 0 Å². The lowest BCUT2D eigenvalue weighted by molar-refractivity contribution is 0.315. The molecular weight excluding hydrogens is 264 g/mol. The lowest BCUT2D eigenvalue weighted by Gasteiger charge is -2.33. The summed E-state index contributed by atoms with van der Waals surface area (Å²) in [5.41, 5.74) is 5.09. The molecule has 7 heteroatoms. The number of pyridine rings is 1. The van der Waals surface area contributed by atoms with Crippen LogP contribution in [0.25, 0.3) is 0 Å². The Balaban J connectivity index is 3.08. The summed E-state index contributed by atoms with van der Waals surface area (Å²) in [6.45, 7) is 5.73. The molecule has 1 heterocycles. The molecule has 0 aliphatic rings. The second-order valence-electron chi connectivity index (χ2n) is 4.87. The molecule has 1 rings (SSSR count). The number of hydrogen-bond acceptors (Lipinski definition) is 5. The quantitative estimate of drug-likeness (QED) is 0.822. The molecule has 0 bridgehead atoms. The maximum absolute atomic E-state index is 12.2. The van der Waals surface area contributed by atoms with Gasteiger partial charge >= 0.3 is 0 Å². The summed E-state index contributed by atoms with van der Waals surface area (Å²) in [5, 5.41) is 8.63. The van der Waals surface area contributed by atoms with Gasteiger partial charge in [0.1, 0.15) is 16.7 Å². The van der Waals surface area contributed by atoms with E-state index in [1.165, 1.54) is 12.1 Å². The van der Waals surface area contributed by atoms with Crippen molar-refractivity contribution in [2.45, 2.75) is 31.2 Å². The number of rotatable bonds is 5. The Morgan fingerprint density at radius 3 is 2.53 bits per heavy atom. The largest absolute Gasteiger partial charge is 0.329 e. The van der Waals surface area contributed by atoms with E-state index < -0.39 is 15.6 Å². The van der Waals surface area contributed by atoms with E-state index in [9.17, 15) is 8.42 Å². The van der Waals surface area contributed by atoms with Gasteiger partial charge in [-0.25, -0.2) is 18.1 Å². The van der Waals surface area contributed by atoms with Gasteiger partial charge in [0.25, 0.3) is 0 Å². The first-order valence-electron chi connectivity index (χ1n) is 5.85. The average molecular weight is 282 g/mol. The van der Waals surface area contributed by atoms with Crippen molar-refractivity contribution in [3.05, 3.63) is 24.0 Å². The lowest BCUT2D eigenvalue weighted by Crippen LogP contribution is -2.54.